The molecule has 2 fully saturated rings. The van der Waals surface area contributed by atoms with Gasteiger partial charge in [0, 0.05) is 37.2 Å². The summed E-state index contributed by atoms with van der Waals surface area (Å²) in [4.78, 5) is 6.97. The Labute approximate surface area is 143 Å². The average Bonchev–Trinajstić information content (AvgIpc) is 3.06. The molecule has 1 aromatic rings. The van der Waals surface area contributed by atoms with Crippen LogP contribution >= 0.6 is 11.8 Å². The molecule has 0 aromatic heterocycles. The van der Waals surface area contributed by atoms with Crippen molar-refractivity contribution >= 4 is 17.7 Å². The number of fused-ring (bicyclic) bond motifs is 3. The molecular weight excluding hydrogens is 302 g/mol. The molecule has 0 radical (unpaired) electrons. The van der Waals surface area contributed by atoms with E-state index in [1.54, 1.807) is 11.1 Å². The molecule has 0 bridgehead atoms. The fraction of sp³-hybridized carbons (Fsp3) is 0.632. The summed E-state index contributed by atoms with van der Waals surface area (Å²) in [5, 5.41) is 3.66. The molecule has 2 aliphatic carbocycles. The van der Waals surface area contributed by atoms with Crippen LogP contribution in [0.25, 0.3) is 0 Å². The van der Waals surface area contributed by atoms with Gasteiger partial charge in [-0.25, -0.2) is 0 Å². The van der Waals surface area contributed by atoms with Gasteiger partial charge in [0.1, 0.15) is 0 Å². The quantitative estimate of drug-likeness (QED) is 0.668. The van der Waals surface area contributed by atoms with E-state index in [-0.39, 0.29) is 0 Å². The minimum atomic E-state index is 0.324. The molecule has 1 aliphatic heterocycles. The second kappa shape index (κ2) is 5.73. The first-order valence-corrected chi connectivity index (χ1v) is 9.75. The SMILES string of the molecule is CN=C(NCC1C2Cc3ccccc3C12)N1CCSC(C)(C)C1. The van der Waals surface area contributed by atoms with E-state index in [0.717, 1.165) is 43.3 Å². The average molecular weight is 330 g/mol. The van der Waals surface area contributed by atoms with Crippen molar-refractivity contribution in [3.63, 3.8) is 0 Å². The zero-order chi connectivity index (χ0) is 16.0. The summed E-state index contributed by atoms with van der Waals surface area (Å²) in [6, 6.07) is 9.00. The van der Waals surface area contributed by atoms with E-state index in [9.17, 15) is 0 Å². The van der Waals surface area contributed by atoms with Crippen molar-refractivity contribution < 1.29 is 0 Å². The summed E-state index contributed by atoms with van der Waals surface area (Å²) < 4.78 is 0.324. The van der Waals surface area contributed by atoms with Gasteiger partial charge in [-0.05, 0) is 49.1 Å². The smallest absolute Gasteiger partial charge is 0.193 e. The Morgan fingerprint density at radius 1 is 1.39 bits per heavy atom. The number of aliphatic imine (C=N–C) groups is 1. The van der Waals surface area contributed by atoms with E-state index in [1.807, 2.05) is 7.05 Å². The number of hydrogen-bond acceptors (Lipinski definition) is 2. The van der Waals surface area contributed by atoms with Gasteiger partial charge in [-0.15, -0.1) is 0 Å². The third-order valence-electron chi connectivity index (χ3n) is 5.63. The minimum absolute atomic E-state index is 0.324. The highest BCUT2D eigenvalue weighted by molar-refractivity contribution is 8.00. The Balaban J connectivity index is 1.35. The Bertz CT molecular complexity index is 625. The lowest BCUT2D eigenvalue weighted by Gasteiger charge is -2.39. The van der Waals surface area contributed by atoms with Crippen molar-refractivity contribution in [1.82, 2.24) is 10.2 Å². The highest BCUT2D eigenvalue weighted by atomic mass is 32.2. The molecule has 23 heavy (non-hydrogen) atoms. The Hall–Kier alpha value is -1.16. The van der Waals surface area contributed by atoms with Crippen LogP contribution in [-0.4, -0.2) is 48.0 Å². The molecule has 3 unspecified atom stereocenters. The summed E-state index contributed by atoms with van der Waals surface area (Å²) in [6.07, 6.45) is 1.28. The second-order valence-corrected chi connectivity index (χ2v) is 9.52. The molecule has 4 heteroatoms. The number of nitrogens with one attached hydrogen (secondary N) is 1. The van der Waals surface area contributed by atoms with E-state index in [1.165, 1.54) is 12.2 Å². The summed E-state index contributed by atoms with van der Waals surface area (Å²) in [7, 11) is 1.92. The zero-order valence-electron chi connectivity index (χ0n) is 14.4. The number of rotatable bonds is 2. The van der Waals surface area contributed by atoms with E-state index < -0.39 is 0 Å². The fourth-order valence-corrected chi connectivity index (χ4v) is 5.61. The molecule has 4 rings (SSSR count). The summed E-state index contributed by atoms with van der Waals surface area (Å²) >= 11 is 2.07. The van der Waals surface area contributed by atoms with Crippen molar-refractivity contribution in [2.24, 2.45) is 16.8 Å². The van der Waals surface area contributed by atoms with Crippen molar-refractivity contribution in [1.29, 1.82) is 0 Å². The Kier molecular flexibility index (Phi) is 3.83. The van der Waals surface area contributed by atoms with Gasteiger partial charge in [0.2, 0.25) is 0 Å². The second-order valence-electron chi connectivity index (χ2n) is 7.71. The maximum absolute atomic E-state index is 4.54. The maximum atomic E-state index is 4.54. The highest BCUT2D eigenvalue weighted by Gasteiger charge is 2.55. The van der Waals surface area contributed by atoms with Crippen LogP contribution in [0.1, 0.15) is 30.9 Å². The predicted molar refractivity (Wildman–Crippen MR) is 99.3 cm³/mol. The van der Waals surface area contributed by atoms with E-state index in [2.05, 4.69) is 65.1 Å². The molecule has 3 aliphatic rings. The molecule has 0 spiro atoms. The minimum Gasteiger partial charge on any atom is -0.356 e. The lowest BCUT2D eigenvalue weighted by molar-refractivity contribution is 0.374. The van der Waals surface area contributed by atoms with Crippen molar-refractivity contribution in [2.75, 3.05) is 32.4 Å². The molecule has 124 valence electrons. The number of hydrogen-bond donors (Lipinski definition) is 1. The van der Waals surface area contributed by atoms with Gasteiger partial charge < -0.3 is 10.2 Å². The first kappa shape index (κ1) is 15.4. The first-order chi connectivity index (χ1) is 11.1. The van der Waals surface area contributed by atoms with Crippen molar-refractivity contribution in [3.8, 4) is 0 Å². The normalized spacial score (nSPS) is 31.5. The molecule has 1 saturated carbocycles. The first-order valence-electron chi connectivity index (χ1n) is 8.76. The molecule has 3 nitrogen and oxygen atoms in total. The van der Waals surface area contributed by atoms with Crippen LogP contribution < -0.4 is 5.32 Å². The lowest BCUT2D eigenvalue weighted by Crippen LogP contribution is -2.51. The topological polar surface area (TPSA) is 27.6 Å². The van der Waals surface area contributed by atoms with Gasteiger partial charge in [0.05, 0.1) is 0 Å². The predicted octanol–water partition coefficient (Wildman–Crippen LogP) is 2.98. The van der Waals surface area contributed by atoms with Crippen molar-refractivity contribution in [3.05, 3.63) is 35.4 Å². The molecule has 1 saturated heterocycles. The van der Waals surface area contributed by atoms with Gasteiger partial charge in [-0.1, -0.05) is 24.3 Å². The number of thioether (sulfide) groups is 1. The largest absolute Gasteiger partial charge is 0.356 e. The molecular formula is C19H27N3S. The van der Waals surface area contributed by atoms with Gasteiger partial charge in [0.25, 0.3) is 0 Å². The molecule has 1 heterocycles. The summed E-state index contributed by atoms with van der Waals surface area (Å²) in [5.74, 6) is 4.75. The molecule has 0 amide bonds. The van der Waals surface area contributed by atoms with Crippen LogP contribution in [0.3, 0.4) is 0 Å². The third-order valence-corrected chi connectivity index (χ3v) is 6.93. The Morgan fingerprint density at radius 3 is 3.00 bits per heavy atom. The fourth-order valence-electron chi connectivity index (χ4n) is 4.50. The molecule has 1 aromatic carbocycles. The monoisotopic (exact) mass is 329 g/mol. The van der Waals surface area contributed by atoms with E-state index in [4.69, 9.17) is 0 Å². The number of benzene rings is 1. The van der Waals surface area contributed by atoms with Crippen LogP contribution in [-0.2, 0) is 6.42 Å². The van der Waals surface area contributed by atoms with Crippen molar-refractivity contribution in [2.45, 2.75) is 30.9 Å². The summed E-state index contributed by atoms with van der Waals surface area (Å²) in [5.41, 5.74) is 3.19. The highest BCUT2D eigenvalue weighted by Crippen LogP contribution is 2.60. The van der Waals surface area contributed by atoms with Crippen LogP contribution in [0.2, 0.25) is 0 Å². The third kappa shape index (κ3) is 2.86. The van der Waals surface area contributed by atoms with E-state index in [0.29, 0.717) is 4.75 Å². The standard InChI is InChI=1S/C19H27N3S/c1-19(2)12-22(8-9-23-19)18(20-3)21-11-16-15-10-13-6-4-5-7-14(13)17(15)16/h4-7,15-17H,8-12H2,1-3H3,(H,20,21). The van der Waals surface area contributed by atoms with Crippen LogP contribution in [0.4, 0.5) is 0 Å². The van der Waals surface area contributed by atoms with Gasteiger partial charge in [-0.3, -0.25) is 4.99 Å². The lowest BCUT2D eigenvalue weighted by atomic mass is 10.0. The van der Waals surface area contributed by atoms with Crippen LogP contribution in [0, 0.1) is 11.8 Å². The van der Waals surface area contributed by atoms with Gasteiger partial charge in [-0.2, -0.15) is 11.8 Å². The van der Waals surface area contributed by atoms with Crippen LogP contribution in [0.5, 0.6) is 0 Å². The summed E-state index contributed by atoms with van der Waals surface area (Å²) in [6.45, 7) is 7.92. The van der Waals surface area contributed by atoms with Gasteiger partial charge in [0.15, 0.2) is 5.96 Å². The number of nitrogens with zero attached hydrogens (tertiary/aromatic N) is 2. The molecule has 3 atom stereocenters. The Morgan fingerprint density at radius 2 is 2.22 bits per heavy atom. The zero-order valence-corrected chi connectivity index (χ0v) is 15.2. The molecule has 1 N–H and O–H groups in total. The maximum Gasteiger partial charge on any atom is 0.193 e. The number of guanidine groups is 1. The van der Waals surface area contributed by atoms with Gasteiger partial charge >= 0.3 is 0 Å². The van der Waals surface area contributed by atoms with E-state index >= 15 is 0 Å². The van der Waals surface area contributed by atoms with Crippen LogP contribution in [0.15, 0.2) is 29.3 Å².